The van der Waals surface area contributed by atoms with Gasteiger partial charge < -0.3 is 4.90 Å². The SMILES string of the molecule is CS(=O)(=O)N1CCCN(C(=O)c2cccc(NS(=O)(=O)c3ccccc3)c2)CC1. The van der Waals surface area contributed by atoms with Crippen molar-refractivity contribution in [2.75, 3.05) is 37.2 Å². The maximum absolute atomic E-state index is 12.9. The summed E-state index contributed by atoms with van der Waals surface area (Å²) in [5.41, 5.74) is 0.623. The molecular weight excluding hydrogens is 414 g/mol. The van der Waals surface area contributed by atoms with E-state index in [4.69, 9.17) is 0 Å². The summed E-state index contributed by atoms with van der Waals surface area (Å²) in [7, 11) is -7.06. The molecule has 2 aromatic carbocycles. The van der Waals surface area contributed by atoms with Crippen LogP contribution in [0.2, 0.25) is 0 Å². The van der Waals surface area contributed by atoms with Crippen LogP contribution in [0, 0.1) is 0 Å². The number of rotatable bonds is 5. The summed E-state index contributed by atoms with van der Waals surface area (Å²) in [5.74, 6) is -0.263. The molecule has 1 aliphatic heterocycles. The molecule has 0 radical (unpaired) electrons. The van der Waals surface area contributed by atoms with Crippen molar-refractivity contribution in [2.45, 2.75) is 11.3 Å². The van der Waals surface area contributed by atoms with Crippen LogP contribution in [0.5, 0.6) is 0 Å². The lowest BCUT2D eigenvalue weighted by atomic mass is 10.1. The Morgan fingerprint density at radius 2 is 1.62 bits per heavy atom. The predicted octanol–water partition coefficient (Wildman–Crippen LogP) is 1.59. The molecule has 0 saturated carbocycles. The summed E-state index contributed by atoms with van der Waals surface area (Å²) in [6, 6.07) is 14.3. The van der Waals surface area contributed by atoms with Gasteiger partial charge in [0.15, 0.2) is 0 Å². The Kier molecular flexibility index (Phi) is 6.25. The maximum atomic E-state index is 12.9. The van der Waals surface area contributed by atoms with Gasteiger partial charge in [0.25, 0.3) is 15.9 Å². The molecule has 0 spiro atoms. The molecule has 1 saturated heterocycles. The van der Waals surface area contributed by atoms with Gasteiger partial charge in [-0.3, -0.25) is 9.52 Å². The number of carbonyl (C=O) groups is 1. The predicted molar refractivity (Wildman–Crippen MR) is 111 cm³/mol. The number of benzene rings is 2. The van der Waals surface area contributed by atoms with Crippen molar-refractivity contribution in [1.82, 2.24) is 9.21 Å². The third kappa shape index (κ3) is 5.34. The molecule has 1 aliphatic rings. The van der Waals surface area contributed by atoms with Crippen molar-refractivity contribution in [3.05, 3.63) is 60.2 Å². The molecule has 2 aromatic rings. The molecule has 0 aromatic heterocycles. The van der Waals surface area contributed by atoms with E-state index in [2.05, 4.69) is 4.72 Å². The lowest BCUT2D eigenvalue weighted by Crippen LogP contribution is -2.37. The average Bonchev–Trinajstić information content (AvgIpc) is 2.94. The Bertz CT molecular complexity index is 1090. The minimum Gasteiger partial charge on any atom is -0.337 e. The van der Waals surface area contributed by atoms with Crippen LogP contribution < -0.4 is 4.72 Å². The Hall–Kier alpha value is -2.43. The molecule has 1 fully saturated rings. The van der Waals surface area contributed by atoms with Gasteiger partial charge in [0.1, 0.15) is 0 Å². The van der Waals surface area contributed by atoms with E-state index < -0.39 is 20.0 Å². The van der Waals surface area contributed by atoms with Gasteiger partial charge in [0.05, 0.1) is 11.2 Å². The summed E-state index contributed by atoms with van der Waals surface area (Å²) < 4.78 is 52.3. The summed E-state index contributed by atoms with van der Waals surface area (Å²) in [6.07, 6.45) is 1.70. The third-order valence-electron chi connectivity index (χ3n) is 4.63. The van der Waals surface area contributed by atoms with Gasteiger partial charge in [-0.15, -0.1) is 0 Å². The highest BCUT2D eigenvalue weighted by Crippen LogP contribution is 2.19. The highest BCUT2D eigenvalue weighted by Gasteiger charge is 2.24. The van der Waals surface area contributed by atoms with Crippen LogP contribution >= 0.6 is 0 Å². The summed E-state index contributed by atoms with van der Waals surface area (Å²) in [5, 5.41) is 0. The largest absolute Gasteiger partial charge is 0.337 e. The van der Waals surface area contributed by atoms with Crippen LogP contribution in [0.25, 0.3) is 0 Å². The van der Waals surface area contributed by atoms with Crippen LogP contribution in [-0.4, -0.2) is 64.4 Å². The zero-order chi connectivity index (χ0) is 21.1. The Morgan fingerprint density at radius 3 is 2.31 bits per heavy atom. The Morgan fingerprint density at radius 1 is 0.897 bits per heavy atom. The molecule has 0 aliphatic carbocycles. The first kappa shape index (κ1) is 21.3. The molecule has 29 heavy (non-hydrogen) atoms. The first-order chi connectivity index (χ1) is 13.7. The summed E-state index contributed by atoms with van der Waals surface area (Å²) in [4.78, 5) is 14.6. The highest BCUT2D eigenvalue weighted by molar-refractivity contribution is 7.92. The molecule has 156 valence electrons. The van der Waals surface area contributed by atoms with Crippen molar-refractivity contribution in [3.8, 4) is 0 Å². The third-order valence-corrected chi connectivity index (χ3v) is 7.33. The van der Waals surface area contributed by atoms with Crippen molar-refractivity contribution in [3.63, 3.8) is 0 Å². The van der Waals surface area contributed by atoms with Crippen molar-refractivity contribution < 1.29 is 21.6 Å². The number of amides is 1. The number of hydrogen-bond donors (Lipinski definition) is 1. The van der Waals surface area contributed by atoms with E-state index >= 15 is 0 Å². The van der Waals surface area contributed by atoms with Gasteiger partial charge in [-0.2, -0.15) is 0 Å². The van der Waals surface area contributed by atoms with Gasteiger partial charge in [-0.25, -0.2) is 21.1 Å². The van der Waals surface area contributed by atoms with Gasteiger partial charge >= 0.3 is 0 Å². The van der Waals surface area contributed by atoms with E-state index in [0.717, 1.165) is 6.26 Å². The van der Waals surface area contributed by atoms with Gasteiger partial charge in [-0.05, 0) is 36.8 Å². The van der Waals surface area contributed by atoms with Crippen LogP contribution in [0.3, 0.4) is 0 Å². The van der Waals surface area contributed by atoms with Crippen molar-refractivity contribution >= 4 is 31.6 Å². The number of hydrogen-bond acceptors (Lipinski definition) is 5. The standard InChI is InChI=1S/C19H23N3O5S2/c1-28(24,25)22-12-6-11-21(13-14-22)19(23)16-7-5-8-17(15-16)20-29(26,27)18-9-3-2-4-10-18/h2-5,7-10,15,20H,6,11-14H2,1H3. The number of anilines is 1. The zero-order valence-corrected chi connectivity index (χ0v) is 17.6. The number of carbonyl (C=O) groups excluding carboxylic acids is 1. The second kappa shape index (κ2) is 8.52. The summed E-state index contributed by atoms with van der Waals surface area (Å²) in [6.45, 7) is 1.33. The number of nitrogens with zero attached hydrogens (tertiary/aromatic N) is 2. The van der Waals surface area contributed by atoms with E-state index in [9.17, 15) is 21.6 Å². The average molecular weight is 438 g/mol. The maximum Gasteiger partial charge on any atom is 0.261 e. The minimum absolute atomic E-state index is 0.130. The molecule has 1 heterocycles. The molecule has 8 nitrogen and oxygen atoms in total. The lowest BCUT2D eigenvalue weighted by molar-refractivity contribution is 0.0764. The van der Waals surface area contributed by atoms with E-state index in [1.165, 1.54) is 22.5 Å². The molecule has 0 atom stereocenters. The highest BCUT2D eigenvalue weighted by atomic mass is 32.2. The van der Waals surface area contributed by atoms with E-state index in [-0.39, 0.29) is 29.6 Å². The normalized spacial score (nSPS) is 16.2. The topological polar surface area (TPSA) is 104 Å². The molecule has 1 N–H and O–H groups in total. The molecule has 0 unspecified atom stereocenters. The van der Waals surface area contributed by atoms with Gasteiger partial charge in [0, 0.05) is 37.4 Å². The van der Waals surface area contributed by atoms with Crippen LogP contribution in [-0.2, 0) is 20.0 Å². The summed E-state index contributed by atoms with van der Waals surface area (Å²) >= 11 is 0. The number of nitrogens with one attached hydrogen (secondary N) is 1. The fourth-order valence-corrected chi connectivity index (χ4v) is 5.09. The second-order valence-electron chi connectivity index (χ2n) is 6.81. The van der Waals surface area contributed by atoms with E-state index in [0.29, 0.717) is 25.1 Å². The Labute approximate surface area is 171 Å². The quantitative estimate of drug-likeness (QED) is 0.765. The monoisotopic (exact) mass is 437 g/mol. The van der Waals surface area contributed by atoms with E-state index in [1.807, 2.05) is 0 Å². The smallest absolute Gasteiger partial charge is 0.261 e. The fourth-order valence-electron chi connectivity index (χ4n) is 3.14. The van der Waals surface area contributed by atoms with Crippen LogP contribution in [0.4, 0.5) is 5.69 Å². The zero-order valence-electron chi connectivity index (χ0n) is 16.0. The van der Waals surface area contributed by atoms with Gasteiger partial charge in [-0.1, -0.05) is 24.3 Å². The fraction of sp³-hybridized carbons (Fsp3) is 0.316. The molecule has 0 bridgehead atoms. The molecule has 3 rings (SSSR count). The Balaban J connectivity index is 1.75. The second-order valence-corrected chi connectivity index (χ2v) is 10.5. The van der Waals surface area contributed by atoms with Crippen molar-refractivity contribution in [1.29, 1.82) is 0 Å². The first-order valence-corrected chi connectivity index (χ1v) is 12.4. The van der Waals surface area contributed by atoms with Crippen LogP contribution in [0.1, 0.15) is 16.8 Å². The molecule has 1 amide bonds. The van der Waals surface area contributed by atoms with Crippen molar-refractivity contribution in [2.24, 2.45) is 0 Å². The lowest BCUT2D eigenvalue weighted by Gasteiger charge is -2.21. The number of sulfonamides is 2. The van der Waals surface area contributed by atoms with E-state index in [1.54, 1.807) is 41.3 Å². The molecular formula is C19H23N3O5S2. The molecule has 10 heteroatoms. The van der Waals surface area contributed by atoms with Gasteiger partial charge in [0.2, 0.25) is 10.0 Å². The first-order valence-electron chi connectivity index (χ1n) is 9.09. The van der Waals surface area contributed by atoms with Crippen LogP contribution in [0.15, 0.2) is 59.5 Å². The minimum atomic E-state index is -3.76.